The zero-order valence-corrected chi connectivity index (χ0v) is 12.2. The van der Waals surface area contributed by atoms with Crippen LogP contribution in [0.4, 0.5) is 18.0 Å². The molecule has 1 aliphatic rings. The number of carbonyl (C=O) groups excluding carboxylic acids is 1. The van der Waals surface area contributed by atoms with Crippen LogP contribution >= 0.6 is 0 Å². The minimum absolute atomic E-state index is 0.000551. The molecule has 2 amide bonds. The Morgan fingerprint density at radius 3 is 2.82 bits per heavy atom. The molecule has 122 valence electrons. The summed E-state index contributed by atoms with van der Waals surface area (Å²) in [4.78, 5) is 13.4. The summed E-state index contributed by atoms with van der Waals surface area (Å²) in [5, 5.41) is 11.2. The molecule has 1 aromatic carbocycles. The molecule has 22 heavy (non-hydrogen) atoms. The second kappa shape index (κ2) is 6.56. The van der Waals surface area contributed by atoms with Crippen molar-refractivity contribution in [2.24, 2.45) is 0 Å². The number of halogens is 3. The Kier molecular flexibility index (Phi) is 4.95. The maximum Gasteiger partial charge on any atom is 0.412 e. The number of aliphatic hydroxyl groups is 1. The molecule has 0 aromatic heterocycles. The van der Waals surface area contributed by atoms with Crippen LogP contribution in [0, 0.1) is 6.92 Å². The highest BCUT2D eigenvalue weighted by Crippen LogP contribution is 2.33. The summed E-state index contributed by atoms with van der Waals surface area (Å²) in [7, 11) is 0. The Morgan fingerprint density at radius 2 is 2.23 bits per heavy atom. The van der Waals surface area contributed by atoms with Crippen LogP contribution in [0.5, 0.6) is 0 Å². The number of rotatable bonds is 3. The number of urea groups is 1. The van der Waals surface area contributed by atoms with Gasteiger partial charge in [-0.1, -0.05) is 29.8 Å². The van der Waals surface area contributed by atoms with Crippen molar-refractivity contribution < 1.29 is 23.1 Å². The fraction of sp³-hybridized carbons (Fsp3) is 0.533. The molecule has 2 rings (SSSR count). The maximum atomic E-state index is 13.3. The standard InChI is InChI=1S/C15H19F3N2O2/c1-10-4-2-5-11(8-10)13(15(16,17)18)19-14(22)20-7-3-6-12(20)9-21/h2,4-5,8,12-13,21H,3,6-7,9H2,1H3,(H,19,22)/t12-,13-/m1/s1. The lowest BCUT2D eigenvalue weighted by molar-refractivity contribution is -0.155. The van der Waals surface area contributed by atoms with Gasteiger partial charge in [-0.15, -0.1) is 0 Å². The first-order valence-electron chi connectivity index (χ1n) is 7.14. The van der Waals surface area contributed by atoms with Gasteiger partial charge in [-0.25, -0.2) is 4.79 Å². The van der Waals surface area contributed by atoms with Gasteiger partial charge in [0.1, 0.15) is 0 Å². The van der Waals surface area contributed by atoms with E-state index >= 15 is 0 Å². The second-order valence-corrected chi connectivity index (χ2v) is 5.51. The largest absolute Gasteiger partial charge is 0.412 e. The number of amides is 2. The molecular weight excluding hydrogens is 297 g/mol. The molecule has 1 aliphatic heterocycles. The predicted octanol–water partition coefficient (Wildman–Crippen LogP) is 2.76. The molecular formula is C15H19F3N2O2. The van der Waals surface area contributed by atoms with Gasteiger partial charge in [0.05, 0.1) is 12.6 Å². The van der Waals surface area contributed by atoms with Crippen LogP contribution in [0.1, 0.15) is 30.0 Å². The van der Waals surface area contributed by atoms with Crippen molar-refractivity contribution in [2.45, 2.75) is 38.0 Å². The first-order valence-corrected chi connectivity index (χ1v) is 7.14. The molecule has 0 spiro atoms. The Balaban J connectivity index is 2.19. The lowest BCUT2D eigenvalue weighted by Gasteiger charge is -2.28. The summed E-state index contributed by atoms with van der Waals surface area (Å²) in [5.74, 6) is 0. The summed E-state index contributed by atoms with van der Waals surface area (Å²) in [5.41, 5.74) is 0.691. The highest BCUT2D eigenvalue weighted by Gasteiger charge is 2.43. The number of alkyl halides is 3. The number of carbonyl (C=O) groups is 1. The average Bonchev–Trinajstić information content (AvgIpc) is 2.91. The van der Waals surface area contributed by atoms with Crippen LogP contribution in [-0.4, -0.2) is 41.4 Å². The SMILES string of the molecule is Cc1cccc([C@@H](NC(=O)N2CCC[C@@H]2CO)C(F)(F)F)c1. The fourth-order valence-corrected chi connectivity index (χ4v) is 2.70. The summed E-state index contributed by atoms with van der Waals surface area (Å²) < 4.78 is 39.8. The monoisotopic (exact) mass is 316 g/mol. The van der Waals surface area contributed by atoms with E-state index in [2.05, 4.69) is 5.32 Å². The first-order chi connectivity index (χ1) is 10.3. The maximum absolute atomic E-state index is 13.3. The second-order valence-electron chi connectivity index (χ2n) is 5.51. The molecule has 0 aliphatic carbocycles. The van der Waals surface area contributed by atoms with Crippen molar-refractivity contribution in [3.8, 4) is 0 Å². The molecule has 1 heterocycles. The van der Waals surface area contributed by atoms with Gasteiger partial charge in [-0.2, -0.15) is 13.2 Å². The van der Waals surface area contributed by atoms with Crippen molar-refractivity contribution in [3.63, 3.8) is 0 Å². The zero-order chi connectivity index (χ0) is 16.3. The van der Waals surface area contributed by atoms with E-state index < -0.39 is 24.3 Å². The normalized spacial score (nSPS) is 20.0. The number of hydrogen-bond acceptors (Lipinski definition) is 2. The van der Waals surface area contributed by atoms with E-state index in [9.17, 15) is 23.1 Å². The summed E-state index contributed by atoms with van der Waals surface area (Å²) in [6.45, 7) is 1.81. The number of aliphatic hydroxyl groups excluding tert-OH is 1. The summed E-state index contributed by atoms with van der Waals surface area (Å²) in [6, 6.07) is 2.72. The first kappa shape index (κ1) is 16.6. The Bertz CT molecular complexity index is 534. The lowest BCUT2D eigenvalue weighted by atomic mass is 10.0. The smallest absolute Gasteiger partial charge is 0.394 e. The van der Waals surface area contributed by atoms with E-state index in [1.165, 1.54) is 23.1 Å². The van der Waals surface area contributed by atoms with E-state index in [1.807, 2.05) is 0 Å². The Labute approximate surface area is 126 Å². The van der Waals surface area contributed by atoms with Gasteiger partial charge in [0.2, 0.25) is 0 Å². The van der Waals surface area contributed by atoms with Gasteiger partial charge in [0, 0.05) is 6.54 Å². The van der Waals surface area contributed by atoms with Crippen molar-refractivity contribution in [2.75, 3.05) is 13.2 Å². The number of nitrogens with one attached hydrogen (secondary N) is 1. The van der Waals surface area contributed by atoms with Crippen molar-refractivity contribution in [1.29, 1.82) is 0 Å². The molecule has 0 saturated carbocycles. The average molecular weight is 316 g/mol. The summed E-state index contributed by atoms with van der Waals surface area (Å²) in [6.07, 6.45) is -3.30. The quantitative estimate of drug-likeness (QED) is 0.901. The molecule has 4 nitrogen and oxygen atoms in total. The molecule has 0 unspecified atom stereocenters. The van der Waals surface area contributed by atoms with Crippen LogP contribution in [-0.2, 0) is 0 Å². The van der Waals surface area contributed by atoms with Gasteiger partial charge in [-0.3, -0.25) is 0 Å². The molecule has 1 fully saturated rings. The molecule has 0 radical (unpaired) electrons. The third kappa shape index (κ3) is 3.71. The van der Waals surface area contributed by atoms with Crippen LogP contribution < -0.4 is 5.32 Å². The van der Waals surface area contributed by atoms with Gasteiger partial charge >= 0.3 is 12.2 Å². The van der Waals surface area contributed by atoms with Crippen molar-refractivity contribution in [1.82, 2.24) is 10.2 Å². The Morgan fingerprint density at radius 1 is 1.50 bits per heavy atom. The van der Waals surface area contributed by atoms with Crippen molar-refractivity contribution in [3.05, 3.63) is 35.4 Å². The highest BCUT2D eigenvalue weighted by molar-refractivity contribution is 5.75. The van der Waals surface area contributed by atoms with Crippen LogP contribution in [0.2, 0.25) is 0 Å². The highest BCUT2D eigenvalue weighted by atomic mass is 19.4. The Hall–Kier alpha value is -1.76. The number of benzene rings is 1. The molecule has 1 aromatic rings. The van der Waals surface area contributed by atoms with Gasteiger partial charge < -0.3 is 15.3 Å². The molecule has 7 heteroatoms. The third-order valence-electron chi connectivity index (χ3n) is 3.82. The van der Waals surface area contributed by atoms with Crippen LogP contribution in [0.25, 0.3) is 0 Å². The molecule has 0 bridgehead atoms. The fourth-order valence-electron chi connectivity index (χ4n) is 2.70. The number of nitrogens with zero attached hydrogens (tertiary/aromatic N) is 1. The predicted molar refractivity (Wildman–Crippen MR) is 75.3 cm³/mol. The summed E-state index contributed by atoms with van der Waals surface area (Å²) >= 11 is 0. The van der Waals surface area contributed by atoms with Gasteiger partial charge in [-0.05, 0) is 25.3 Å². The molecule has 2 N–H and O–H groups in total. The lowest BCUT2D eigenvalue weighted by Crippen LogP contribution is -2.48. The third-order valence-corrected chi connectivity index (χ3v) is 3.82. The minimum atomic E-state index is -4.59. The van der Waals surface area contributed by atoms with E-state index in [1.54, 1.807) is 13.0 Å². The van der Waals surface area contributed by atoms with E-state index in [4.69, 9.17) is 0 Å². The number of likely N-dealkylation sites (tertiary alicyclic amines) is 1. The van der Waals surface area contributed by atoms with E-state index in [0.717, 1.165) is 0 Å². The number of aryl methyl sites for hydroxylation is 1. The molecule has 1 saturated heterocycles. The minimum Gasteiger partial charge on any atom is -0.394 e. The topological polar surface area (TPSA) is 52.6 Å². The van der Waals surface area contributed by atoms with E-state index in [-0.39, 0.29) is 12.2 Å². The van der Waals surface area contributed by atoms with Crippen molar-refractivity contribution >= 4 is 6.03 Å². The number of hydrogen-bond donors (Lipinski definition) is 2. The van der Waals surface area contributed by atoms with Crippen LogP contribution in [0.15, 0.2) is 24.3 Å². The van der Waals surface area contributed by atoms with Gasteiger partial charge in [0.25, 0.3) is 0 Å². The van der Waals surface area contributed by atoms with Crippen LogP contribution in [0.3, 0.4) is 0 Å². The van der Waals surface area contributed by atoms with Gasteiger partial charge in [0.15, 0.2) is 6.04 Å². The van der Waals surface area contributed by atoms with E-state index in [0.29, 0.717) is 24.9 Å². The zero-order valence-electron chi connectivity index (χ0n) is 12.2. The molecule has 2 atom stereocenters.